The molecule has 0 saturated carbocycles. The molecule has 0 aliphatic rings. The lowest BCUT2D eigenvalue weighted by molar-refractivity contribution is 0.238. The van der Waals surface area contributed by atoms with E-state index in [1.165, 1.54) is 10.4 Å². The average molecular weight is 304 g/mol. The smallest absolute Gasteiger partial charge is 0.124 e. The van der Waals surface area contributed by atoms with Crippen LogP contribution in [0.2, 0.25) is 0 Å². The highest BCUT2D eigenvalue weighted by atomic mass is 32.1. The van der Waals surface area contributed by atoms with Crippen molar-refractivity contribution in [3.05, 3.63) is 45.4 Å². The van der Waals surface area contributed by atoms with Gasteiger partial charge in [0.2, 0.25) is 0 Å². The summed E-state index contributed by atoms with van der Waals surface area (Å²) in [6.45, 7) is 11.2. The van der Waals surface area contributed by atoms with Gasteiger partial charge in [0.15, 0.2) is 0 Å². The van der Waals surface area contributed by atoms with E-state index in [9.17, 15) is 0 Å². The first-order chi connectivity index (χ1) is 9.97. The molecule has 0 aliphatic heterocycles. The largest absolute Gasteiger partial charge is 0.491 e. The van der Waals surface area contributed by atoms with Crippen molar-refractivity contribution in [2.24, 2.45) is 0 Å². The molecule has 1 atom stereocenters. The van der Waals surface area contributed by atoms with Gasteiger partial charge in [0.1, 0.15) is 5.75 Å². The van der Waals surface area contributed by atoms with E-state index in [1.54, 1.807) is 11.3 Å². The molecule has 1 aromatic carbocycles. The van der Waals surface area contributed by atoms with Gasteiger partial charge in [-0.2, -0.15) is 0 Å². The van der Waals surface area contributed by atoms with Gasteiger partial charge in [-0.1, -0.05) is 18.2 Å². The Labute approximate surface area is 131 Å². The summed E-state index contributed by atoms with van der Waals surface area (Å²) >= 11 is 1.76. The zero-order valence-electron chi connectivity index (χ0n) is 13.4. The third-order valence-corrected chi connectivity index (χ3v) is 4.39. The van der Waals surface area contributed by atoms with E-state index in [0.717, 1.165) is 23.0 Å². The van der Waals surface area contributed by atoms with E-state index >= 15 is 0 Å². The standard InChI is InChI=1S/C17H24N2OS/c1-11(2)20-16-9-7-6-8-15(16)12(3)18-10-17-13(4)19-14(5)21-17/h6-9,11-12,18H,10H2,1-5H3. The molecule has 2 rings (SSSR count). The van der Waals surface area contributed by atoms with Crippen LogP contribution in [-0.4, -0.2) is 11.1 Å². The summed E-state index contributed by atoms with van der Waals surface area (Å²) in [6.07, 6.45) is 0.185. The van der Waals surface area contributed by atoms with Crippen molar-refractivity contribution >= 4 is 11.3 Å². The quantitative estimate of drug-likeness (QED) is 0.859. The second-order valence-electron chi connectivity index (χ2n) is 5.55. The molecule has 3 nitrogen and oxygen atoms in total. The third-order valence-electron chi connectivity index (χ3n) is 3.32. The minimum Gasteiger partial charge on any atom is -0.491 e. The van der Waals surface area contributed by atoms with Crippen LogP contribution in [0.5, 0.6) is 5.75 Å². The number of aryl methyl sites for hydroxylation is 2. The highest BCUT2D eigenvalue weighted by Crippen LogP contribution is 2.26. The van der Waals surface area contributed by atoms with Crippen LogP contribution in [0.3, 0.4) is 0 Å². The molecule has 4 heteroatoms. The lowest BCUT2D eigenvalue weighted by atomic mass is 10.1. The summed E-state index contributed by atoms with van der Waals surface area (Å²) in [5, 5.41) is 4.70. The van der Waals surface area contributed by atoms with Crippen molar-refractivity contribution in [2.45, 2.75) is 53.3 Å². The summed E-state index contributed by atoms with van der Waals surface area (Å²) in [5.41, 5.74) is 2.33. The number of aromatic nitrogens is 1. The molecule has 0 aliphatic carbocycles. The maximum Gasteiger partial charge on any atom is 0.124 e. The fourth-order valence-electron chi connectivity index (χ4n) is 2.29. The van der Waals surface area contributed by atoms with Crippen LogP contribution in [0.25, 0.3) is 0 Å². The van der Waals surface area contributed by atoms with Gasteiger partial charge >= 0.3 is 0 Å². The number of benzene rings is 1. The number of ether oxygens (including phenoxy) is 1. The van der Waals surface area contributed by atoms with Crippen molar-refractivity contribution in [1.82, 2.24) is 10.3 Å². The summed E-state index contributed by atoms with van der Waals surface area (Å²) in [5.74, 6) is 0.963. The number of rotatable bonds is 6. The third kappa shape index (κ3) is 4.29. The fourth-order valence-corrected chi connectivity index (χ4v) is 3.18. The number of thiazole rings is 1. The predicted molar refractivity (Wildman–Crippen MR) is 89.0 cm³/mol. The van der Waals surface area contributed by atoms with Crippen LogP contribution in [0.4, 0.5) is 0 Å². The minimum absolute atomic E-state index is 0.185. The summed E-state index contributed by atoms with van der Waals surface area (Å²) < 4.78 is 5.90. The second-order valence-corrected chi connectivity index (χ2v) is 6.84. The number of nitrogens with one attached hydrogen (secondary N) is 1. The molecular formula is C17H24N2OS. The van der Waals surface area contributed by atoms with Crippen molar-refractivity contribution < 1.29 is 4.74 Å². The number of hydrogen-bond acceptors (Lipinski definition) is 4. The molecule has 0 saturated heterocycles. The van der Waals surface area contributed by atoms with Crippen molar-refractivity contribution in [2.75, 3.05) is 0 Å². The lowest BCUT2D eigenvalue weighted by Crippen LogP contribution is -2.19. The Morgan fingerprint density at radius 2 is 1.90 bits per heavy atom. The SMILES string of the molecule is Cc1nc(C)c(CNC(C)c2ccccc2OC(C)C)s1. The van der Waals surface area contributed by atoms with E-state index in [0.29, 0.717) is 0 Å². The fraction of sp³-hybridized carbons (Fsp3) is 0.471. The molecule has 21 heavy (non-hydrogen) atoms. The van der Waals surface area contributed by atoms with Crippen LogP contribution in [0.1, 0.15) is 48.0 Å². The maximum absolute atomic E-state index is 5.90. The minimum atomic E-state index is 0.185. The van der Waals surface area contributed by atoms with Crippen LogP contribution in [-0.2, 0) is 6.54 Å². The van der Waals surface area contributed by atoms with Crippen LogP contribution < -0.4 is 10.1 Å². The molecule has 1 N–H and O–H groups in total. The Bertz CT molecular complexity index is 592. The highest BCUT2D eigenvalue weighted by Gasteiger charge is 2.13. The van der Waals surface area contributed by atoms with Crippen LogP contribution in [0.15, 0.2) is 24.3 Å². The number of hydrogen-bond donors (Lipinski definition) is 1. The Morgan fingerprint density at radius 3 is 2.52 bits per heavy atom. The first-order valence-electron chi connectivity index (χ1n) is 7.39. The molecule has 0 amide bonds. The molecule has 2 aromatic rings. The molecule has 0 bridgehead atoms. The van der Waals surface area contributed by atoms with E-state index in [4.69, 9.17) is 4.74 Å². The highest BCUT2D eigenvalue weighted by molar-refractivity contribution is 7.11. The second kappa shape index (κ2) is 7.05. The Kier molecular flexibility index (Phi) is 5.37. The monoisotopic (exact) mass is 304 g/mol. The Hall–Kier alpha value is -1.39. The molecule has 1 heterocycles. The predicted octanol–water partition coefficient (Wildman–Crippen LogP) is 4.40. The van der Waals surface area contributed by atoms with Gasteiger partial charge in [0, 0.05) is 23.0 Å². The van der Waals surface area contributed by atoms with Crippen molar-refractivity contribution in [1.29, 1.82) is 0 Å². The van der Waals surface area contributed by atoms with Crippen molar-refractivity contribution in [3.63, 3.8) is 0 Å². The molecule has 0 fully saturated rings. The van der Waals surface area contributed by atoms with Gasteiger partial charge < -0.3 is 10.1 Å². The maximum atomic E-state index is 5.90. The zero-order valence-corrected chi connectivity index (χ0v) is 14.3. The average Bonchev–Trinajstić information content (AvgIpc) is 2.74. The van der Waals surface area contributed by atoms with E-state index in [-0.39, 0.29) is 12.1 Å². The summed E-state index contributed by atoms with van der Waals surface area (Å²) in [4.78, 5) is 5.78. The molecule has 114 valence electrons. The van der Waals surface area contributed by atoms with E-state index in [2.05, 4.69) is 57.1 Å². The molecular weight excluding hydrogens is 280 g/mol. The van der Waals surface area contributed by atoms with Gasteiger partial charge in [0.05, 0.1) is 16.8 Å². The van der Waals surface area contributed by atoms with Crippen LogP contribution in [0, 0.1) is 13.8 Å². The van der Waals surface area contributed by atoms with Crippen LogP contribution >= 0.6 is 11.3 Å². The van der Waals surface area contributed by atoms with Crippen molar-refractivity contribution in [3.8, 4) is 5.75 Å². The number of nitrogens with zero attached hydrogens (tertiary/aromatic N) is 1. The topological polar surface area (TPSA) is 34.2 Å². The summed E-state index contributed by atoms with van der Waals surface area (Å²) in [6, 6.07) is 8.48. The number of para-hydroxylation sites is 1. The molecule has 0 spiro atoms. The van der Waals surface area contributed by atoms with Gasteiger partial charge in [-0.15, -0.1) is 11.3 Å². The van der Waals surface area contributed by atoms with E-state index < -0.39 is 0 Å². The normalized spacial score (nSPS) is 12.7. The Balaban J connectivity index is 2.06. The zero-order chi connectivity index (χ0) is 15.4. The molecule has 1 aromatic heterocycles. The lowest BCUT2D eigenvalue weighted by Gasteiger charge is -2.19. The van der Waals surface area contributed by atoms with Gasteiger partial charge in [0.25, 0.3) is 0 Å². The summed E-state index contributed by atoms with van der Waals surface area (Å²) in [7, 11) is 0. The first kappa shape index (κ1) is 16.0. The first-order valence-corrected chi connectivity index (χ1v) is 8.21. The van der Waals surface area contributed by atoms with Gasteiger partial charge in [-0.25, -0.2) is 4.98 Å². The Morgan fingerprint density at radius 1 is 1.19 bits per heavy atom. The molecule has 0 radical (unpaired) electrons. The molecule has 1 unspecified atom stereocenters. The van der Waals surface area contributed by atoms with Gasteiger partial charge in [-0.3, -0.25) is 0 Å². The van der Waals surface area contributed by atoms with E-state index in [1.807, 2.05) is 12.1 Å². The van der Waals surface area contributed by atoms with Gasteiger partial charge in [-0.05, 0) is 40.7 Å².